The molecular weight excluding hydrogens is 405 g/mol. The van der Waals surface area contributed by atoms with Gasteiger partial charge in [-0.2, -0.15) is 4.98 Å². The van der Waals surface area contributed by atoms with Crippen molar-refractivity contribution in [3.63, 3.8) is 0 Å². The van der Waals surface area contributed by atoms with Gasteiger partial charge in [0.2, 0.25) is 23.4 Å². The minimum absolute atomic E-state index is 0.0877. The quantitative estimate of drug-likeness (QED) is 0.515. The molecule has 31 heavy (non-hydrogen) atoms. The van der Waals surface area contributed by atoms with E-state index >= 15 is 0 Å². The van der Waals surface area contributed by atoms with E-state index in [0.29, 0.717) is 47.5 Å². The molecule has 0 saturated heterocycles. The van der Waals surface area contributed by atoms with E-state index in [1.807, 2.05) is 0 Å². The highest BCUT2D eigenvalue weighted by Gasteiger charge is 2.17. The van der Waals surface area contributed by atoms with Crippen LogP contribution in [-0.2, 0) is 17.8 Å². The van der Waals surface area contributed by atoms with Gasteiger partial charge in [0.1, 0.15) is 5.82 Å². The first-order chi connectivity index (χ1) is 14.9. The number of aryl methyl sites for hydroxylation is 1. The van der Waals surface area contributed by atoms with Crippen LogP contribution in [0, 0.1) is 5.82 Å². The van der Waals surface area contributed by atoms with E-state index in [9.17, 15) is 9.18 Å². The summed E-state index contributed by atoms with van der Waals surface area (Å²) < 4.78 is 34.3. The first-order valence-corrected chi connectivity index (χ1v) is 9.56. The van der Waals surface area contributed by atoms with Crippen LogP contribution in [0.5, 0.6) is 17.2 Å². The number of amides is 1. The molecule has 2 aromatic carbocycles. The molecule has 1 heterocycles. The van der Waals surface area contributed by atoms with E-state index in [4.69, 9.17) is 18.7 Å². The highest BCUT2D eigenvalue weighted by molar-refractivity contribution is 5.76. The molecule has 0 saturated carbocycles. The molecule has 0 aliphatic carbocycles. The van der Waals surface area contributed by atoms with Crippen molar-refractivity contribution in [2.75, 3.05) is 28.4 Å². The Hall–Kier alpha value is -3.62. The summed E-state index contributed by atoms with van der Waals surface area (Å²) in [5, 5.41) is 3.89. The first-order valence-electron chi connectivity index (χ1n) is 9.56. The SMILES string of the molecule is COc1cc(CN(C)C(=O)CCc2nc(-c3ccc(F)cc3)no2)cc(OC)c1OC. The molecule has 0 aliphatic rings. The zero-order chi connectivity index (χ0) is 22.4. The number of ether oxygens (including phenoxy) is 3. The predicted octanol–water partition coefficient (Wildman–Crippen LogP) is 3.49. The van der Waals surface area contributed by atoms with Gasteiger partial charge in [-0.3, -0.25) is 4.79 Å². The second-order valence-electron chi connectivity index (χ2n) is 6.80. The summed E-state index contributed by atoms with van der Waals surface area (Å²) in [7, 11) is 6.33. The van der Waals surface area contributed by atoms with Gasteiger partial charge in [0, 0.05) is 32.0 Å². The lowest BCUT2D eigenvalue weighted by atomic mass is 10.1. The second kappa shape index (κ2) is 9.92. The summed E-state index contributed by atoms with van der Waals surface area (Å²) in [5.74, 6) is 1.82. The number of aromatic nitrogens is 2. The molecule has 1 amide bonds. The lowest BCUT2D eigenvalue weighted by Crippen LogP contribution is -2.26. The van der Waals surface area contributed by atoms with Gasteiger partial charge in [-0.05, 0) is 42.0 Å². The molecule has 0 radical (unpaired) electrons. The van der Waals surface area contributed by atoms with Crippen LogP contribution in [0.2, 0.25) is 0 Å². The normalized spacial score (nSPS) is 10.6. The van der Waals surface area contributed by atoms with Crippen molar-refractivity contribution < 1.29 is 27.9 Å². The van der Waals surface area contributed by atoms with Gasteiger partial charge in [0.05, 0.1) is 21.3 Å². The summed E-state index contributed by atoms with van der Waals surface area (Å²) in [6.45, 7) is 0.361. The fraction of sp³-hybridized carbons (Fsp3) is 0.318. The van der Waals surface area contributed by atoms with E-state index < -0.39 is 0 Å². The number of nitrogens with zero attached hydrogens (tertiary/aromatic N) is 3. The first kappa shape index (κ1) is 22.1. The third-order valence-corrected chi connectivity index (χ3v) is 4.69. The number of rotatable bonds is 9. The van der Waals surface area contributed by atoms with Crippen molar-refractivity contribution in [3.8, 4) is 28.6 Å². The molecule has 0 spiro atoms. The number of hydrogen-bond donors (Lipinski definition) is 0. The molecule has 164 valence electrons. The molecule has 0 fully saturated rings. The van der Waals surface area contributed by atoms with Crippen molar-refractivity contribution in [3.05, 3.63) is 53.7 Å². The van der Waals surface area contributed by atoms with Crippen LogP contribution < -0.4 is 14.2 Å². The molecule has 0 bridgehead atoms. The minimum Gasteiger partial charge on any atom is -0.493 e. The van der Waals surface area contributed by atoms with E-state index in [1.165, 1.54) is 19.2 Å². The highest BCUT2D eigenvalue weighted by atomic mass is 19.1. The molecule has 0 N–H and O–H groups in total. The summed E-state index contributed by atoms with van der Waals surface area (Å²) in [6, 6.07) is 9.40. The van der Waals surface area contributed by atoms with Gasteiger partial charge in [0.25, 0.3) is 0 Å². The standard InChI is InChI=1S/C22H24FN3O5/c1-26(13-14-11-17(28-2)21(30-4)18(12-14)29-3)20(27)10-9-19-24-22(25-31-19)15-5-7-16(23)8-6-15/h5-8,11-12H,9-10,13H2,1-4H3. The van der Waals surface area contributed by atoms with Gasteiger partial charge in [-0.25, -0.2) is 4.39 Å². The number of halogens is 1. The van der Waals surface area contributed by atoms with E-state index in [1.54, 1.807) is 50.4 Å². The van der Waals surface area contributed by atoms with E-state index in [2.05, 4.69) is 10.1 Å². The van der Waals surface area contributed by atoms with Crippen LogP contribution in [0.15, 0.2) is 40.9 Å². The summed E-state index contributed by atoms with van der Waals surface area (Å²) in [4.78, 5) is 18.4. The molecule has 0 aliphatic heterocycles. The van der Waals surface area contributed by atoms with Gasteiger partial charge in [0.15, 0.2) is 11.5 Å². The third kappa shape index (κ3) is 5.30. The minimum atomic E-state index is -0.340. The Morgan fingerprint density at radius 1 is 1.06 bits per heavy atom. The maximum Gasteiger partial charge on any atom is 0.227 e. The summed E-state index contributed by atoms with van der Waals surface area (Å²) in [5.41, 5.74) is 1.48. The topological polar surface area (TPSA) is 86.9 Å². The number of hydrogen-bond acceptors (Lipinski definition) is 7. The van der Waals surface area contributed by atoms with Crippen molar-refractivity contribution in [2.45, 2.75) is 19.4 Å². The third-order valence-electron chi connectivity index (χ3n) is 4.69. The molecule has 3 aromatic rings. The molecule has 0 atom stereocenters. The van der Waals surface area contributed by atoms with Crippen LogP contribution in [0.25, 0.3) is 11.4 Å². The van der Waals surface area contributed by atoms with Gasteiger partial charge in [-0.15, -0.1) is 0 Å². The average molecular weight is 429 g/mol. The Labute approximate surface area is 179 Å². The Bertz CT molecular complexity index is 1010. The monoisotopic (exact) mass is 429 g/mol. The number of benzene rings is 2. The molecular formula is C22H24FN3O5. The Morgan fingerprint density at radius 3 is 2.29 bits per heavy atom. The number of carbonyl (C=O) groups excluding carboxylic acids is 1. The Kier molecular flexibility index (Phi) is 7.07. The Balaban J connectivity index is 1.61. The van der Waals surface area contributed by atoms with Crippen molar-refractivity contribution in [1.82, 2.24) is 15.0 Å². The average Bonchev–Trinajstić information content (AvgIpc) is 3.26. The van der Waals surface area contributed by atoms with Crippen LogP contribution in [0.4, 0.5) is 4.39 Å². The van der Waals surface area contributed by atoms with Crippen LogP contribution in [-0.4, -0.2) is 49.3 Å². The summed E-state index contributed by atoms with van der Waals surface area (Å²) >= 11 is 0. The zero-order valence-electron chi connectivity index (χ0n) is 17.8. The van der Waals surface area contributed by atoms with Crippen LogP contribution in [0.3, 0.4) is 0 Å². The number of carbonyl (C=O) groups is 1. The van der Waals surface area contributed by atoms with Crippen molar-refractivity contribution >= 4 is 5.91 Å². The van der Waals surface area contributed by atoms with E-state index in [0.717, 1.165) is 5.56 Å². The fourth-order valence-corrected chi connectivity index (χ4v) is 3.07. The zero-order valence-corrected chi connectivity index (χ0v) is 17.8. The van der Waals surface area contributed by atoms with Gasteiger partial charge < -0.3 is 23.6 Å². The molecule has 1 aromatic heterocycles. The number of methoxy groups -OCH3 is 3. The fourth-order valence-electron chi connectivity index (χ4n) is 3.07. The highest BCUT2D eigenvalue weighted by Crippen LogP contribution is 2.38. The maximum absolute atomic E-state index is 13.0. The molecule has 8 nitrogen and oxygen atoms in total. The lowest BCUT2D eigenvalue weighted by Gasteiger charge is -2.19. The Morgan fingerprint density at radius 2 is 1.71 bits per heavy atom. The van der Waals surface area contributed by atoms with Crippen molar-refractivity contribution in [2.24, 2.45) is 0 Å². The van der Waals surface area contributed by atoms with E-state index in [-0.39, 0.29) is 18.1 Å². The van der Waals surface area contributed by atoms with Crippen LogP contribution >= 0.6 is 0 Å². The van der Waals surface area contributed by atoms with Crippen molar-refractivity contribution in [1.29, 1.82) is 0 Å². The second-order valence-corrected chi connectivity index (χ2v) is 6.80. The van der Waals surface area contributed by atoms with Gasteiger partial charge in [-0.1, -0.05) is 5.16 Å². The predicted molar refractivity (Wildman–Crippen MR) is 111 cm³/mol. The smallest absolute Gasteiger partial charge is 0.227 e. The molecule has 0 unspecified atom stereocenters. The summed E-state index contributed by atoms with van der Waals surface area (Å²) in [6.07, 6.45) is 0.499. The van der Waals surface area contributed by atoms with Crippen LogP contribution in [0.1, 0.15) is 17.9 Å². The van der Waals surface area contributed by atoms with Gasteiger partial charge >= 0.3 is 0 Å². The molecule has 9 heteroatoms. The lowest BCUT2D eigenvalue weighted by molar-refractivity contribution is -0.130. The largest absolute Gasteiger partial charge is 0.493 e. The maximum atomic E-state index is 13.0. The molecule has 3 rings (SSSR count).